The van der Waals surface area contributed by atoms with E-state index in [-0.39, 0.29) is 19.1 Å². The van der Waals surface area contributed by atoms with Crippen LogP contribution in [0.4, 0.5) is 0 Å². The highest BCUT2D eigenvalue weighted by Gasteiger charge is 2.23. The number of phosphoric ester groups is 1. The van der Waals surface area contributed by atoms with Crippen molar-refractivity contribution in [2.75, 3.05) is 40.9 Å². The normalized spacial score (nSPS) is 14.9. The maximum atomic E-state index is 12.8. The van der Waals surface area contributed by atoms with Crippen molar-refractivity contribution in [1.29, 1.82) is 0 Å². The fourth-order valence-corrected chi connectivity index (χ4v) is 6.44. The third-order valence-corrected chi connectivity index (χ3v) is 10.0. The van der Waals surface area contributed by atoms with Gasteiger partial charge in [0.1, 0.15) is 13.2 Å². The number of aliphatic hydroxyl groups excluding tert-OH is 1. The van der Waals surface area contributed by atoms with Crippen LogP contribution in [-0.4, -0.2) is 68.5 Å². The molecule has 300 valence electrons. The Labute approximate surface area is 315 Å². The molecular formula is C42H81N2O6P. The fraction of sp³-hybridized carbons (Fsp3) is 0.833. The first-order chi connectivity index (χ1) is 24.5. The second kappa shape index (κ2) is 34.5. The minimum absolute atomic E-state index is 0.00433. The minimum Gasteiger partial charge on any atom is -0.756 e. The quantitative estimate of drug-likeness (QED) is 0.0284. The number of unbranched alkanes of at least 4 members (excludes halogenated alkanes) is 20. The Hall–Kier alpha value is -1.28. The SMILES string of the molecule is CCC/C=C\C/C=C\CCCCCCCC(=O)NC(COP(=O)([O-])OCC[N+](C)(C)C)C(O)/C=C/CCCCCCCCCCCCCCCC. The van der Waals surface area contributed by atoms with E-state index in [4.69, 9.17) is 9.05 Å². The van der Waals surface area contributed by atoms with Crippen LogP contribution in [0.5, 0.6) is 0 Å². The standard InChI is InChI=1S/C42H81N2O6P/c1-6-8-10-12-14-16-18-20-21-22-24-25-27-29-31-33-35-41(45)40(39-50-51(47,48)49-38-37-44(3,4)5)43-42(46)36-34-32-30-28-26-23-19-17-15-13-11-9-7-2/h11,13,17,19,33,35,40-41,45H,6-10,12,14-16,18,20-32,34,36-39H2,1-5H3,(H-,43,46,47,48)/b13-11-,19-17-,35-33+. The van der Waals surface area contributed by atoms with E-state index in [1.807, 2.05) is 27.2 Å². The van der Waals surface area contributed by atoms with E-state index in [0.717, 1.165) is 70.6 Å². The van der Waals surface area contributed by atoms with Gasteiger partial charge in [-0.2, -0.15) is 0 Å². The lowest BCUT2D eigenvalue weighted by atomic mass is 10.0. The fourth-order valence-electron chi connectivity index (χ4n) is 5.72. The second-order valence-corrected chi connectivity index (χ2v) is 16.8. The summed E-state index contributed by atoms with van der Waals surface area (Å²) in [6, 6.07) is -0.891. The maximum absolute atomic E-state index is 12.8. The molecule has 2 N–H and O–H groups in total. The summed E-state index contributed by atoms with van der Waals surface area (Å²) in [6.07, 6.45) is 40.4. The van der Waals surface area contributed by atoms with Crippen molar-refractivity contribution < 1.29 is 32.9 Å². The van der Waals surface area contributed by atoms with Crippen LogP contribution in [0.15, 0.2) is 36.5 Å². The molecule has 8 nitrogen and oxygen atoms in total. The molecule has 0 spiro atoms. The summed E-state index contributed by atoms with van der Waals surface area (Å²) in [6.45, 7) is 4.55. The molecule has 0 aliphatic heterocycles. The Morgan fingerprint density at radius 3 is 1.71 bits per heavy atom. The summed E-state index contributed by atoms with van der Waals surface area (Å²) in [4.78, 5) is 25.2. The Balaban J connectivity index is 4.50. The van der Waals surface area contributed by atoms with Crippen molar-refractivity contribution in [3.05, 3.63) is 36.5 Å². The van der Waals surface area contributed by atoms with Crippen LogP contribution >= 0.6 is 7.82 Å². The van der Waals surface area contributed by atoms with Crippen molar-refractivity contribution in [3.8, 4) is 0 Å². The number of carbonyl (C=O) groups is 1. The van der Waals surface area contributed by atoms with E-state index in [1.165, 1.54) is 83.5 Å². The number of amides is 1. The predicted octanol–water partition coefficient (Wildman–Crippen LogP) is 10.5. The van der Waals surface area contributed by atoms with E-state index < -0.39 is 20.0 Å². The first-order valence-electron chi connectivity index (χ1n) is 20.9. The number of carbonyl (C=O) groups excluding carboxylic acids is 1. The second-order valence-electron chi connectivity index (χ2n) is 15.3. The van der Waals surface area contributed by atoms with Crippen LogP contribution in [-0.2, 0) is 18.4 Å². The lowest BCUT2D eigenvalue weighted by molar-refractivity contribution is -0.870. The molecule has 0 aromatic rings. The maximum Gasteiger partial charge on any atom is 0.268 e. The monoisotopic (exact) mass is 741 g/mol. The molecule has 1 amide bonds. The number of aliphatic hydroxyl groups is 1. The number of likely N-dealkylation sites (N-methyl/N-ethyl adjacent to an activating group) is 1. The van der Waals surface area contributed by atoms with Crippen molar-refractivity contribution in [2.24, 2.45) is 0 Å². The van der Waals surface area contributed by atoms with Gasteiger partial charge in [0.25, 0.3) is 7.82 Å². The molecule has 0 rings (SSSR count). The van der Waals surface area contributed by atoms with Gasteiger partial charge in [0.2, 0.25) is 5.91 Å². The van der Waals surface area contributed by atoms with Crippen molar-refractivity contribution in [2.45, 2.75) is 187 Å². The first-order valence-corrected chi connectivity index (χ1v) is 22.3. The number of phosphoric acid groups is 1. The number of nitrogens with zero attached hydrogens (tertiary/aromatic N) is 1. The van der Waals surface area contributed by atoms with Gasteiger partial charge in [0.15, 0.2) is 0 Å². The molecule has 9 heteroatoms. The molecule has 51 heavy (non-hydrogen) atoms. The van der Waals surface area contributed by atoms with Gasteiger partial charge in [-0.15, -0.1) is 0 Å². The molecule has 0 radical (unpaired) electrons. The Morgan fingerprint density at radius 1 is 0.686 bits per heavy atom. The van der Waals surface area contributed by atoms with Gasteiger partial charge in [0, 0.05) is 6.42 Å². The summed E-state index contributed by atoms with van der Waals surface area (Å²) in [7, 11) is 1.25. The lowest BCUT2D eigenvalue weighted by Gasteiger charge is -2.29. The van der Waals surface area contributed by atoms with Crippen molar-refractivity contribution in [3.63, 3.8) is 0 Å². The first kappa shape index (κ1) is 49.7. The Morgan fingerprint density at radius 2 is 1.18 bits per heavy atom. The van der Waals surface area contributed by atoms with Crippen LogP contribution in [0, 0.1) is 0 Å². The van der Waals surface area contributed by atoms with E-state index in [9.17, 15) is 19.4 Å². The number of hydrogen-bond acceptors (Lipinski definition) is 6. The topological polar surface area (TPSA) is 108 Å². The van der Waals surface area contributed by atoms with Gasteiger partial charge in [-0.3, -0.25) is 9.36 Å². The summed E-state index contributed by atoms with van der Waals surface area (Å²) >= 11 is 0. The number of hydrogen-bond donors (Lipinski definition) is 2. The van der Waals surface area contributed by atoms with Crippen molar-refractivity contribution >= 4 is 13.7 Å². The van der Waals surface area contributed by atoms with Crippen LogP contribution < -0.4 is 10.2 Å². The van der Waals surface area contributed by atoms with Gasteiger partial charge in [0.05, 0.1) is 39.9 Å². The van der Waals surface area contributed by atoms with Gasteiger partial charge in [-0.25, -0.2) is 0 Å². The molecule has 0 fully saturated rings. The molecule has 0 aliphatic carbocycles. The number of allylic oxidation sites excluding steroid dienone is 5. The van der Waals surface area contributed by atoms with Crippen LogP contribution in [0.2, 0.25) is 0 Å². The van der Waals surface area contributed by atoms with E-state index >= 15 is 0 Å². The molecule has 0 heterocycles. The Bertz CT molecular complexity index is 933. The highest BCUT2D eigenvalue weighted by Crippen LogP contribution is 2.38. The molecule has 0 saturated carbocycles. The third-order valence-electron chi connectivity index (χ3n) is 9.08. The largest absolute Gasteiger partial charge is 0.756 e. The average Bonchev–Trinajstić information content (AvgIpc) is 3.07. The number of quaternary nitrogens is 1. The predicted molar refractivity (Wildman–Crippen MR) is 215 cm³/mol. The number of nitrogens with one attached hydrogen (secondary N) is 1. The molecule has 3 unspecified atom stereocenters. The van der Waals surface area contributed by atoms with Crippen LogP contribution in [0.1, 0.15) is 174 Å². The van der Waals surface area contributed by atoms with Gasteiger partial charge in [-0.1, -0.05) is 159 Å². The molecule has 0 bridgehead atoms. The highest BCUT2D eigenvalue weighted by molar-refractivity contribution is 7.45. The van der Waals surface area contributed by atoms with Gasteiger partial charge >= 0.3 is 0 Å². The highest BCUT2D eigenvalue weighted by atomic mass is 31.2. The summed E-state index contributed by atoms with van der Waals surface area (Å²) < 4.78 is 23.1. The zero-order valence-electron chi connectivity index (χ0n) is 33.8. The molecule has 0 aromatic carbocycles. The molecule has 0 aliphatic rings. The van der Waals surface area contributed by atoms with Crippen molar-refractivity contribution in [1.82, 2.24) is 5.32 Å². The molecular weight excluding hydrogens is 659 g/mol. The average molecular weight is 741 g/mol. The molecule has 0 saturated heterocycles. The number of rotatable bonds is 37. The summed E-state index contributed by atoms with van der Waals surface area (Å²) in [5.74, 6) is -0.214. The van der Waals surface area contributed by atoms with E-state index in [0.29, 0.717) is 17.4 Å². The molecule has 3 atom stereocenters. The minimum atomic E-state index is -4.59. The van der Waals surface area contributed by atoms with Gasteiger partial charge < -0.3 is 28.8 Å². The summed E-state index contributed by atoms with van der Waals surface area (Å²) in [5.41, 5.74) is 0. The van der Waals surface area contributed by atoms with E-state index in [2.05, 4.69) is 43.5 Å². The third kappa shape index (κ3) is 36.9. The van der Waals surface area contributed by atoms with Crippen LogP contribution in [0.3, 0.4) is 0 Å². The smallest absolute Gasteiger partial charge is 0.268 e. The molecule has 0 aromatic heterocycles. The zero-order chi connectivity index (χ0) is 37.9. The summed E-state index contributed by atoms with van der Waals surface area (Å²) in [5, 5.41) is 13.7. The van der Waals surface area contributed by atoms with E-state index in [1.54, 1.807) is 6.08 Å². The van der Waals surface area contributed by atoms with Gasteiger partial charge in [-0.05, 0) is 44.9 Å². The zero-order valence-corrected chi connectivity index (χ0v) is 34.7. The lowest BCUT2D eigenvalue weighted by Crippen LogP contribution is -2.45. The van der Waals surface area contributed by atoms with Crippen LogP contribution in [0.25, 0.3) is 0 Å². The Kier molecular flexibility index (Phi) is 33.6.